The Morgan fingerprint density at radius 2 is 1.38 bits per heavy atom. The molecule has 0 aromatic rings. The molecule has 0 aliphatic rings. The van der Waals surface area contributed by atoms with E-state index >= 15 is 0 Å². The number of hydrogen-bond acceptors (Lipinski definition) is 3. The molecular weight excluding hydrogens is 110 g/mol. The van der Waals surface area contributed by atoms with Crippen molar-refractivity contribution in [2.75, 3.05) is 14.2 Å². The van der Waals surface area contributed by atoms with Crippen molar-refractivity contribution in [1.29, 1.82) is 0 Å². The molecular formula is C4H13NO3. The fourth-order valence-electron chi connectivity index (χ4n) is 0. The summed E-state index contributed by atoms with van der Waals surface area (Å²) >= 11 is 0. The van der Waals surface area contributed by atoms with Crippen LogP contribution in [0.25, 0.3) is 0 Å². The van der Waals surface area contributed by atoms with Crippen LogP contribution >= 0.6 is 0 Å². The first kappa shape index (κ1) is 15.7. The van der Waals surface area contributed by atoms with Crippen LogP contribution in [0.4, 0.5) is 0 Å². The van der Waals surface area contributed by atoms with Gasteiger partial charge >= 0.3 is 0 Å². The first-order valence-corrected chi connectivity index (χ1v) is 1.95. The minimum absolute atomic E-state index is 0.833. The predicted molar refractivity (Wildman–Crippen MR) is 31.6 cm³/mol. The summed E-state index contributed by atoms with van der Waals surface area (Å²) in [5.41, 5.74) is 4.50. The Labute approximate surface area is 48.9 Å². The van der Waals surface area contributed by atoms with E-state index in [1.165, 1.54) is 7.05 Å². The molecule has 4 N–H and O–H groups in total. The molecule has 0 aliphatic carbocycles. The molecule has 4 nitrogen and oxygen atoms in total. The molecule has 0 unspecified atom stereocenters. The summed E-state index contributed by atoms with van der Waals surface area (Å²) in [5.74, 6) is -0.833. The van der Waals surface area contributed by atoms with E-state index in [0.29, 0.717) is 0 Å². The van der Waals surface area contributed by atoms with E-state index in [-0.39, 0.29) is 0 Å². The summed E-state index contributed by atoms with van der Waals surface area (Å²) in [5, 5.41) is 14.4. The van der Waals surface area contributed by atoms with E-state index in [1.54, 1.807) is 0 Å². The van der Waals surface area contributed by atoms with Gasteiger partial charge in [-0.2, -0.15) is 0 Å². The van der Waals surface area contributed by atoms with Crippen LogP contribution in [0.1, 0.15) is 6.92 Å². The third-order valence-corrected chi connectivity index (χ3v) is 0. The Bertz CT molecular complexity index is 34.3. The minimum atomic E-state index is -0.833. The Morgan fingerprint density at radius 1 is 1.38 bits per heavy atom. The molecule has 0 spiro atoms. The molecule has 52 valence electrons. The first-order valence-electron chi connectivity index (χ1n) is 1.95. The fourth-order valence-corrected chi connectivity index (χ4v) is 0. The Morgan fingerprint density at radius 3 is 1.38 bits per heavy atom. The number of hydrogen-bond donors (Lipinski definition) is 3. The van der Waals surface area contributed by atoms with Gasteiger partial charge in [0.1, 0.15) is 0 Å². The molecule has 0 bridgehead atoms. The molecule has 4 heteroatoms. The van der Waals surface area contributed by atoms with E-state index in [9.17, 15) is 0 Å². The van der Waals surface area contributed by atoms with E-state index in [4.69, 9.17) is 15.0 Å². The zero-order valence-electron chi connectivity index (χ0n) is 5.38. The summed E-state index contributed by atoms with van der Waals surface area (Å²) in [6, 6.07) is 0. The number of rotatable bonds is 0. The smallest absolute Gasteiger partial charge is 0.300 e. The number of aliphatic hydroxyl groups excluding tert-OH is 1. The Hall–Kier alpha value is -0.610. The molecule has 8 heavy (non-hydrogen) atoms. The molecule has 0 amide bonds. The summed E-state index contributed by atoms with van der Waals surface area (Å²) < 4.78 is 0. The fraction of sp³-hybridized carbons (Fsp3) is 0.750. The number of nitrogens with two attached hydrogens (primary N) is 1. The second kappa shape index (κ2) is 32.5. The van der Waals surface area contributed by atoms with Crippen LogP contribution in [0.3, 0.4) is 0 Å². The van der Waals surface area contributed by atoms with Gasteiger partial charge in [0.25, 0.3) is 5.97 Å². The number of carboxylic acid groups (broad SMARTS) is 1. The van der Waals surface area contributed by atoms with Gasteiger partial charge in [-0.3, -0.25) is 4.79 Å². The molecule has 0 radical (unpaired) electrons. The highest BCUT2D eigenvalue weighted by Crippen LogP contribution is 1.42. The van der Waals surface area contributed by atoms with Crippen LogP contribution < -0.4 is 5.73 Å². The van der Waals surface area contributed by atoms with Gasteiger partial charge in [0, 0.05) is 14.0 Å². The lowest BCUT2D eigenvalue weighted by molar-refractivity contribution is -0.134. The van der Waals surface area contributed by atoms with Crippen molar-refractivity contribution in [3.05, 3.63) is 0 Å². The van der Waals surface area contributed by atoms with Gasteiger partial charge in [-0.1, -0.05) is 0 Å². The summed E-state index contributed by atoms with van der Waals surface area (Å²) in [6.07, 6.45) is 0. The normalized spacial score (nSPS) is 4.62. The summed E-state index contributed by atoms with van der Waals surface area (Å²) in [7, 11) is 2.50. The van der Waals surface area contributed by atoms with Gasteiger partial charge in [-0.15, -0.1) is 0 Å². The summed E-state index contributed by atoms with van der Waals surface area (Å²) in [6.45, 7) is 1.08. The van der Waals surface area contributed by atoms with E-state index in [1.807, 2.05) is 0 Å². The minimum Gasteiger partial charge on any atom is -0.481 e. The van der Waals surface area contributed by atoms with Gasteiger partial charge in [0.15, 0.2) is 0 Å². The number of aliphatic carboxylic acids is 1. The zero-order valence-corrected chi connectivity index (χ0v) is 5.38. The van der Waals surface area contributed by atoms with Crippen LogP contribution in [-0.2, 0) is 4.79 Å². The topological polar surface area (TPSA) is 83.5 Å². The van der Waals surface area contributed by atoms with Crippen molar-refractivity contribution in [2.24, 2.45) is 5.73 Å². The maximum atomic E-state index is 9.00. The van der Waals surface area contributed by atoms with Crippen molar-refractivity contribution in [2.45, 2.75) is 6.92 Å². The Kier molecular flexibility index (Phi) is 63.6. The quantitative estimate of drug-likeness (QED) is 0.396. The molecule has 0 aliphatic heterocycles. The average molecular weight is 123 g/mol. The van der Waals surface area contributed by atoms with E-state index < -0.39 is 5.97 Å². The standard InChI is InChI=1S/C2H4O2.CH5N.CH4O/c1-2(3)4;2*1-2/h1H3,(H,3,4);2H2,1H3;2H,1H3. The number of aliphatic hydroxyl groups is 1. The first-order chi connectivity index (χ1) is 3.73. The average Bonchev–Trinajstić information content (AvgIpc) is 1.75. The van der Waals surface area contributed by atoms with Gasteiger partial charge in [0.05, 0.1) is 0 Å². The van der Waals surface area contributed by atoms with Crippen molar-refractivity contribution in [3.63, 3.8) is 0 Å². The van der Waals surface area contributed by atoms with Crippen LogP contribution in [-0.4, -0.2) is 30.3 Å². The lowest BCUT2D eigenvalue weighted by atomic mass is 10.9. The lowest BCUT2D eigenvalue weighted by Gasteiger charge is -1.59. The molecule has 0 aromatic carbocycles. The third kappa shape index (κ3) is 279. The SMILES string of the molecule is CC(=O)O.CN.CO. The van der Waals surface area contributed by atoms with Gasteiger partial charge in [0.2, 0.25) is 0 Å². The molecule has 0 fully saturated rings. The monoisotopic (exact) mass is 123 g/mol. The third-order valence-electron chi connectivity index (χ3n) is 0. The maximum Gasteiger partial charge on any atom is 0.300 e. The second-order valence-corrected chi connectivity index (χ2v) is 0.519. The highest BCUT2D eigenvalue weighted by atomic mass is 16.4. The van der Waals surface area contributed by atoms with Crippen molar-refractivity contribution >= 4 is 5.97 Å². The van der Waals surface area contributed by atoms with Crippen molar-refractivity contribution < 1.29 is 15.0 Å². The van der Waals surface area contributed by atoms with Crippen LogP contribution in [0.15, 0.2) is 0 Å². The zero-order chi connectivity index (χ0) is 7.58. The van der Waals surface area contributed by atoms with Crippen LogP contribution in [0.5, 0.6) is 0 Å². The highest BCUT2D eigenvalue weighted by molar-refractivity contribution is 5.62. The summed E-state index contributed by atoms with van der Waals surface area (Å²) in [4.78, 5) is 9.00. The Balaban J connectivity index is -0.0000000542. The molecule has 0 aromatic heterocycles. The van der Waals surface area contributed by atoms with E-state index in [0.717, 1.165) is 14.0 Å². The second-order valence-electron chi connectivity index (χ2n) is 0.519. The molecule has 0 saturated carbocycles. The molecule has 0 saturated heterocycles. The van der Waals surface area contributed by atoms with Crippen molar-refractivity contribution in [3.8, 4) is 0 Å². The van der Waals surface area contributed by atoms with Crippen LogP contribution in [0.2, 0.25) is 0 Å². The van der Waals surface area contributed by atoms with Gasteiger partial charge in [-0.25, -0.2) is 0 Å². The number of carboxylic acids is 1. The molecule has 0 rings (SSSR count). The molecule has 0 heterocycles. The van der Waals surface area contributed by atoms with E-state index in [2.05, 4.69) is 5.73 Å². The van der Waals surface area contributed by atoms with Gasteiger partial charge in [-0.05, 0) is 7.05 Å². The predicted octanol–water partition coefficient (Wildman–Crippen LogP) is -0.726. The van der Waals surface area contributed by atoms with Crippen LogP contribution in [0, 0.1) is 0 Å². The maximum absolute atomic E-state index is 9.00. The number of carbonyl (C=O) groups is 1. The highest BCUT2D eigenvalue weighted by Gasteiger charge is 1.65. The largest absolute Gasteiger partial charge is 0.481 e. The van der Waals surface area contributed by atoms with Crippen molar-refractivity contribution in [1.82, 2.24) is 0 Å². The molecule has 0 atom stereocenters. The lowest BCUT2D eigenvalue weighted by Crippen LogP contribution is -1.78. The van der Waals surface area contributed by atoms with Gasteiger partial charge < -0.3 is 15.9 Å².